The number of methoxy groups -OCH3 is 1. The van der Waals surface area contributed by atoms with Crippen LogP contribution in [0.3, 0.4) is 0 Å². The van der Waals surface area contributed by atoms with Gasteiger partial charge in [-0.15, -0.1) is 0 Å². The smallest absolute Gasteiger partial charge is 0.223 e. The van der Waals surface area contributed by atoms with Crippen molar-refractivity contribution in [2.24, 2.45) is 0 Å². The molecule has 1 aliphatic rings. The first-order valence-corrected chi connectivity index (χ1v) is 2.78. The normalized spacial score (nSPS) is 26.3. The fourth-order valence-corrected chi connectivity index (χ4v) is 0.658. The maximum absolute atomic E-state index is 5.06. The Morgan fingerprint density at radius 3 is 3.11 bits per heavy atom. The zero-order chi connectivity index (χ0) is 6.69. The summed E-state index contributed by atoms with van der Waals surface area (Å²) in [4.78, 5) is 0. The van der Waals surface area contributed by atoms with Crippen molar-refractivity contribution < 1.29 is 14.2 Å². The molecule has 3 heteroatoms. The van der Waals surface area contributed by atoms with Gasteiger partial charge in [-0.05, 0) is 0 Å². The van der Waals surface area contributed by atoms with E-state index >= 15 is 0 Å². The number of rotatable bonds is 2. The highest BCUT2D eigenvalue weighted by molar-refractivity contribution is 4.86. The summed E-state index contributed by atoms with van der Waals surface area (Å²) < 4.78 is 14.9. The lowest BCUT2D eigenvalue weighted by Crippen LogP contribution is -2.13. The van der Waals surface area contributed by atoms with E-state index in [2.05, 4.69) is 6.58 Å². The van der Waals surface area contributed by atoms with Crippen LogP contribution in [0.5, 0.6) is 0 Å². The quantitative estimate of drug-likeness (QED) is 0.545. The van der Waals surface area contributed by atoms with E-state index in [0.29, 0.717) is 19.0 Å². The Balaban J connectivity index is 2.22. The van der Waals surface area contributed by atoms with Crippen LogP contribution in [0.1, 0.15) is 0 Å². The first-order valence-electron chi connectivity index (χ1n) is 2.78. The van der Waals surface area contributed by atoms with Crippen molar-refractivity contribution in [3.8, 4) is 0 Å². The molecule has 0 aromatic carbocycles. The molecule has 0 bridgehead atoms. The first-order chi connectivity index (χ1) is 4.33. The summed E-state index contributed by atoms with van der Waals surface area (Å²) in [6, 6.07) is 0. The van der Waals surface area contributed by atoms with E-state index in [4.69, 9.17) is 14.2 Å². The molecule has 3 nitrogen and oxygen atoms in total. The van der Waals surface area contributed by atoms with E-state index in [1.807, 2.05) is 0 Å². The zero-order valence-electron chi connectivity index (χ0n) is 5.42. The van der Waals surface area contributed by atoms with Crippen LogP contribution >= 0.6 is 0 Å². The molecule has 1 heterocycles. The second kappa shape index (κ2) is 2.85. The molecule has 0 saturated carbocycles. The van der Waals surface area contributed by atoms with Crippen LogP contribution in [0.4, 0.5) is 0 Å². The highest BCUT2D eigenvalue weighted by Crippen LogP contribution is 2.11. The Hall–Kier alpha value is -0.540. The number of hydrogen-bond donors (Lipinski definition) is 0. The molecule has 0 aromatic rings. The summed E-state index contributed by atoms with van der Waals surface area (Å²) in [5, 5.41) is 0. The summed E-state index contributed by atoms with van der Waals surface area (Å²) in [7, 11) is 1.60. The van der Waals surface area contributed by atoms with Crippen molar-refractivity contribution in [1.29, 1.82) is 0 Å². The van der Waals surface area contributed by atoms with Gasteiger partial charge in [-0.2, -0.15) is 0 Å². The maximum atomic E-state index is 5.06. The predicted molar refractivity (Wildman–Crippen MR) is 31.8 cm³/mol. The van der Waals surface area contributed by atoms with Crippen LogP contribution in [0.2, 0.25) is 0 Å². The summed E-state index contributed by atoms with van der Waals surface area (Å²) in [5.74, 6) is 0.678. The van der Waals surface area contributed by atoms with Gasteiger partial charge in [-0.25, -0.2) is 0 Å². The van der Waals surface area contributed by atoms with E-state index in [9.17, 15) is 0 Å². The number of hydrogen-bond acceptors (Lipinski definition) is 3. The minimum Gasteiger partial charge on any atom is -0.465 e. The Morgan fingerprint density at radius 1 is 1.89 bits per heavy atom. The van der Waals surface area contributed by atoms with Gasteiger partial charge < -0.3 is 14.2 Å². The molecule has 0 radical (unpaired) electrons. The summed E-state index contributed by atoms with van der Waals surface area (Å²) >= 11 is 0. The maximum Gasteiger partial charge on any atom is 0.223 e. The van der Waals surface area contributed by atoms with Gasteiger partial charge in [0.25, 0.3) is 0 Å². The van der Waals surface area contributed by atoms with Crippen molar-refractivity contribution in [3.05, 3.63) is 12.3 Å². The van der Waals surface area contributed by atoms with Gasteiger partial charge >= 0.3 is 0 Å². The topological polar surface area (TPSA) is 27.7 Å². The Morgan fingerprint density at radius 2 is 2.67 bits per heavy atom. The zero-order valence-corrected chi connectivity index (χ0v) is 5.42. The highest BCUT2D eigenvalue weighted by atomic mass is 16.7. The Bertz CT molecular complexity index is 111. The lowest BCUT2D eigenvalue weighted by Gasteiger charge is -2.05. The van der Waals surface area contributed by atoms with Gasteiger partial charge in [0.2, 0.25) is 6.29 Å². The van der Waals surface area contributed by atoms with Crippen molar-refractivity contribution in [2.75, 3.05) is 20.3 Å². The highest BCUT2D eigenvalue weighted by Gasteiger charge is 2.18. The third kappa shape index (κ3) is 1.69. The standard InChI is InChI=1S/C6H10O3/c1-5-3-8-6(9-5)4-7-2/h6H,1,3-4H2,2H3. The van der Waals surface area contributed by atoms with E-state index in [-0.39, 0.29) is 6.29 Å². The molecule has 9 heavy (non-hydrogen) atoms. The lowest BCUT2D eigenvalue weighted by molar-refractivity contribution is -0.0768. The molecule has 0 aromatic heterocycles. The third-order valence-corrected chi connectivity index (χ3v) is 1.03. The van der Waals surface area contributed by atoms with Gasteiger partial charge in [0, 0.05) is 7.11 Å². The van der Waals surface area contributed by atoms with Crippen LogP contribution in [-0.4, -0.2) is 26.6 Å². The minimum absolute atomic E-state index is 0.234. The van der Waals surface area contributed by atoms with Crippen LogP contribution in [0.25, 0.3) is 0 Å². The SMILES string of the molecule is C=C1COC(COC)O1. The molecule has 52 valence electrons. The molecular formula is C6H10O3. The lowest BCUT2D eigenvalue weighted by atomic mass is 10.6. The van der Waals surface area contributed by atoms with E-state index in [1.165, 1.54) is 0 Å². The molecule has 1 fully saturated rings. The minimum atomic E-state index is -0.234. The van der Waals surface area contributed by atoms with Crippen LogP contribution in [0, 0.1) is 0 Å². The van der Waals surface area contributed by atoms with Gasteiger partial charge in [-0.1, -0.05) is 6.58 Å². The summed E-state index contributed by atoms with van der Waals surface area (Å²) in [6.45, 7) is 4.55. The molecule has 1 aliphatic heterocycles. The summed E-state index contributed by atoms with van der Waals surface area (Å²) in [5.41, 5.74) is 0. The molecule has 0 amide bonds. The van der Waals surface area contributed by atoms with Crippen LogP contribution < -0.4 is 0 Å². The third-order valence-electron chi connectivity index (χ3n) is 1.03. The van der Waals surface area contributed by atoms with Crippen molar-refractivity contribution in [2.45, 2.75) is 6.29 Å². The van der Waals surface area contributed by atoms with E-state index in [0.717, 1.165) is 0 Å². The van der Waals surface area contributed by atoms with Crippen LogP contribution in [0.15, 0.2) is 12.3 Å². The number of ether oxygens (including phenoxy) is 3. The molecule has 0 N–H and O–H groups in total. The summed E-state index contributed by atoms with van der Waals surface area (Å²) in [6.07, 6.45) is -0.234. The van der Waals surface area contributed by atoms with Crippen molar-refractivity contribution >= 4 is 0 Å². The molecule has 1 atom stereocenters. The molecular weight excluding hydrogens is 120 g/mol. The molecule has 0 aliphatic carbocycles. The van der Waals surface area contributed by atoms with Crippen molar-refractivity contribution in [3.63, 3.8) is 0 Å². The fourth-order valence-electron chi connectivity index (χ4n) is 0.658. The monoisotopic (exact) mass is 130 g/mol. The average Bonchev–Trinajstić information content (AvgIpc) is 2.17. The second-order valence-electron chi connectivity index (χ2n) is 1.85. The first kappa shape index (κ1) is 6.58. The van der Waals surface area contributed by atoms with Gasteiger partial charge in [0.1, 0.15) is 19.0 Å². The molecule has 0 spiro atoms. The van der Waals surface area contributed by atoms with E-state index < -0.39 is 0 Å². The molecule has 1 saturated heterocycles. The fraction of sp³-hybridized carbons (Fsp3) is 0.667. The van der Waals surface area contributed by atoms with Crippen LogP contribution in [-0.2, 0) is 14.2 Å². The van der Waals surface area contributed by atoms with Crippen molar-refractivity contribution in [1.82, 2.24) is 0 Å². The van der Waals surface area contributed by atoms with E-state index in [1.54, 1.807) is 7.11 Å². The molecule has 1 rings (SSSR count). The predicted octanol–water partition coefficient (Wildman–Crippen LogP) is 0.519. The Kier molecular flexibility index (Phi) is 2.08. The molecule has 1 unspecified atom stereocenters. The van der Waals surface area contributed by atoms with Gasteiger partial charge in [0.15, 0.2) is 0 Å². The largest absolute Gasteiger partial charge is 0.465 e. The second-order valence-corrected chi connectivity index (χ2v) is 1.85. The average molecular weight is 130 g/mol. The van der Waals surface area contributed by atoms with Gasteiger partial charge in [0.05, 0.1) is 0 Å². The van der Waals surface area contributed by atoms with Gasteiger partial charge in [-0.3, -0.25) is 0 Å². The Labute approximate surface area is 54.2 Å².